The van der Waals surface area contributed by atoms with Gasteiger partial charge in [0.25, 0.3) is 0 Å². The molecule has 1 rings (SSSR count). The molecule has 40 valence electrons. The van der Waals surface area contributed by atoms with Gasteiger partial charge in [-0.2, -0.15) is 0 Å². The third kappa shape index (κ3) is 1.29. The molecule has 0 aromatic carbocycles. The highest BCUT2D eigenvalue weighted by molar-refractivity contribution is 7.80. The van der Waals surface area contributed by atoms with E-state index in [0.717, 1.165) is 13.1 Å². The Morgan fingerprint density at radius 1 is 1.43 bits per heavy atom. The summed E-state index contributed by atoms with van der Waals surface area (Å²) in [6.45, 7) is 1.85. The van der Waals surface area contributed by atoms with Gasteiger partial charge in [-0.05, 0) is 12.2 Å². The molecule has 0 saturated carbocycles. The zero-order valence-electron chi connectivity index (χ0n) is 3.82. The summed E-state index contributed by atoms with van der Waals surface area (Å²) in [7, 11) is 0. The van der Waals surface area contributed by atoms with Gasteiger partial charge in [-0.3, -0.25) is 5.43 Å². The van der Waals surface area contributed by atoms with E-state index in [1.807, 2.05) is 0 Å². The summed E-state index contributed by atoms with van der Waals surface area (Å²) in [5.74, 6) is 0. The van der Waals surface area contributed by atoms with Crippen LogP contribution in [0.15, 0.2) is 0 Å². The van der Waals surface area contributed by atoms with Gasteiger partial charge in [0.15, 0.2) is 5.11 Å². The molecule has 0 amide bonds. The van der Waals surface area contributed by atoms with Gasteiger partial charge < -0.3 is 5.32 Å². The molecule has 0 spiro atoms. The highest BCUT2D eigenvalue weighted by atomic mass is 32.1. The lowest BCUT2D eigenvalue weighted by Gasteiger charge is -2.16. The Morgan fingerprint density at radius 2 is 2.29 bits per heavy atom. The first kappa shape index (κ1) is 4.80. The van der Waals surface area contributed by atoms with Gasteiger partial charge in [-0.15, -0.1) is 0 Å². The van der Waals surface area contributed by atoms with Gasteiger partial charge in [0, 0.05) is 13.1 Å². The Morgan fingerprint density at radius 3 is 2.57 bits per heavy atom. The summed E-state index contributed by atoms with van der Waals surface area (Å²) >= 11 is 4.72. The van der Waals surface area contributed by atoms with E-state index in [1.54, 1.807) is 0 Å². The molecule has 0 bridgehead atoms. The zero-order valence-corrected chi connectivity index (χ0v) is 4.64. The van der Waals surface area contributed by atoms with Crippen LogP contribution in [0.25, 0.3) is 0 Å². The summed E-state index contributed by atoms with van der Waals surface area (Å²) in [6.07, 6.45) is 0. The molecular weight excluding hydrogens is 110 g/mol. The van der Waals surface area contributed by atoms with Crippen molar-refractivity contribution in [3.8, 4) is 0 Å². The van der Waals surface area contributed by atoms with E-state index in [-0.39, 0.29) is 0 Å². The van der Waals surface area contributed by atoms with Gasteiger partial charge in [0.1, 0.15) is 0 Å². The lowest BCUT2D eigenvalue weighted by Crippen LogP contribution is -2.52. The minimum atomic E-state index is 0.686. The molecule has 0 radical (unpaired) electrons. The molecule has 0 aromatic rings. The Labute approximate surface area is 47.4 Å². The molecule has 1 aliphatic rings. The smallest absolute Gasteiger partial charge is 0.180 e. The summed E-state index contributed by atoms with van der Waals surface area (Å²) in [5.41, 5.74) is 5.63. The average Bonchev–Trinajstić information content (AvgIpc) is 1.69. The highest BCUT2D eigenvalue weighted by Crippen LogP contribution is 1.67. The Kier molecular flexibility index (Phi) is 1.43. The van der Waals surface area contributed by atoms with Crippen molar-refractivity contribution in [1.82, 2.24) is 16.2 Å². The van der Waals surface area contributed by atoms with Crippen LogP contribution >= 0.6 is 12.2 Å². The second kappa shape index (κ2) is 2.09. The SMILES string of the molecule is S=C1NCCNN1. The van der Waals surface area contributed by atoms with E-state index in [2.05, 4.69) is 16.2 Å². The van der Waals surface area contributed by atoms with E-state index < -0.39 is 0 Å². The molecule has 4 heteroatoms. The molecule has 0 aromatic heterocycles. The minimum absolute atomic E-state index is 0.686. The average molecular weight is 117 g/mol. The largest absolute Gasteiger partial charge is 0.360 e. The second-order valence-corrected chi connectivity index (χ2v) is 1.72. The lowest BCUT2D eigenvalue weighted by atomic mass is 10.6. The third-order valence-corrected chi connectivity index (χ3v) is 0.984. The summed E-state index contributed by atoms with van der Waals surface area (Å²) < 4.78 is 0. The second-order valence-electron chi connectivity index (χ2n) is 1.31. The summed E-state index contributed by atoms with van der Waals surface area (Å²) in [5, 5.41) is 3.63. The molecule has 1 fully saturated rings. The summed E-state index contributed by atoms with van der Waals surface area (Å²) in [6, 6.07) is 0. The maximum atomic E-state index is 4.72. The zero-order chi connectivity index (χ0) is 5.11. The van der Waals surface area contributed by atoms with Crippen molar-refractivity contribution in [3.05, 3.63) is 0 Å². The predicted molar refractivity (Wildman–Crippen MR) is 31.7 cm³/mol. The van der Waals surface area contributed by atoms with Crippen molar-refractivity contribution < 1.29 is 0 Å². The molecule has 0 aliphatic carbocycles. The van der Waals surface area contributed by atoms with E-state index >= 15 is 0 Å². The normalized spacial score (nSPS) is 20.3. The molecule has 3 N–H and O–H groups in total. The molecule has 1 aliphatic heterocycles. The van der Waals surface area contributed by atoms with Crippen LogP contribution in [-0.4, -0.2) is 18.2 Å². The first-order valence-electron chi connectivity index (χ1n) is 2.16. The van der Waals surface area contributed by atoms with Crippen LogP contribution in [0.1, 0.15) is 0 Å². The molecule has 0 unspecified atom stereocenters. The van der Waals surface area contributed by atoms with E-state index in [9.17, 15) is 0 Å². The van der Waals surface area contributed by atoms with E-state index in [0.29, 0.717) is 5.11 Å². The standard InChI is InChI=1S/C3H7N3S/c7-3-4-1-2-5-6-3/h5H,1-2H2,(H2,4,6,7). The van der Waals surface area contributed by atoms with Gasteiger partial charge in [-0.1, -0.05) is 0 Å². The van der Waals surface area contributed by atoms with E-state index in [4.69, 9.17) is 12.2 Å². The predicted octanol–water partition coefficient (Wildman–Crippen LogP) is -1.03. The van der Waals surface area contributed by atoms with Gasteiger partial charge in [-0.25, -0.2) is 5.43 Å². The molecule has 1 saturated heterocycles. The fourth-order valence-corrected chi connectivity index (χ4v) is 0.600. The molecule has 3 nitrogen and oxygen atoms in total. The van der Waals surface area contributed by atoms with Gasteiger partial charge >= 0.3 is 0 Å². The number of hydrogen-bond acceptors (Lipinski definition) is 2. The number of nitrogens with one attached hydrogen (secondary N) is 3. The molecular formula is C3H7N3S. The fourth-order valence-electron chi connectivity index (χ4n) is 0.426. The third-order valence-electron chi connectivity index (χ3n) is 0.737. The number of hydrogen-bond donors (Lipinski definition) is 3. The van der Waals surface area contributed by atoms with Crippen LogP contribution in [0.3, 0.4) is 0 Å². The van der Waals surface area contributed by atoms with Crippen molar-refractivity contribution in [1.29, 1.82) is 0 Å². The van der Waals surface area contributed by atoms with Crippen LogP contribution in [0.2, 0.25) is 0 Å². The molecule has 7 heavy (non-hydrogen) atoms. The lowest BCUT2D eigenvalue weighted by molar-refractivity contribution is 0.587. The molecule has 0 atom stereocenters. The first-order chi connectivity index (χ1) is 3.39. The number of rotatable bonds is 0. The first-order valence-corrected chi connectivity index (χ1v) is 2.57. The van der Waals surface area contributed by atoms with Crippen LogP contribution in [0.4, 0.5) is 0 Å². The van der Waals surface area contributed by atoms with Crippen molar-refractivity contribution >= 4 is 17.3 Å². The minimum Gasteiger partial charge on any atom is -0.360 e. The van der Waals surface area contributed by atoms with Crippen molar-refractivity contribution in [2.24, 2.45) is 0 Å². The Hall–Kier alpha value is -0.350. The molecule has 1 heterocycles. The van der Waals surface area contributed by atoms with Crippen molar-refractivity contribution in [2.45, 2.75) is 0 Å². The van der Waals surface area contributed by atoms with Crippen LogP contribution in [-0.2, 0) is 0 Å². The maximum Gasteiger partial charge on any atom is 0.180 e. The van der Waals surface area contributed by atoms with Crippen LogP contribution in [0, 0.1) is 0 Å². The highest BCUT2D eigenvalue weighted by Gasteiger charge is 1.96. The monoisotopic (exact) mass is 117 g/mol. The van der Waals surface area contributed by atoms with E-state index in [1.165, 1.54) is 0 Å². The fraction of sp³-hybridized carbons (Fsp3) is 0.667. The number of thiocarbonyl (C=S) groups is 1. The summed E-state index contributed by atoms with van der Waals surface area (Å²) in [4.78, 5) is 0. The van der Waals surface area contributed by atoms with Crippen LogP contribution < -0.4 is 16.2 Å². The Bertz CT molecular complexity index is 74.2. The quantitative estimate of drug-likeness (QED) is 0.355. The Balaban J connectivity index is 2.25. The van der Waals surface area contributed by atoms with Gasteiger partial charge in [0.2, 0.25) is 0 Å². The number of hydrazine groups is 1. The van der Waals surface area contributed by atoms with Crippen molar-refractivity contribution in [2.75, 3.05) is 13.1 Å². The van der Waals surface area contributed by atoms with Gasteiger partial charge in [0.05, 0.1) is 0 Å². The van der Waals surface area contributed by atoms with Crippen molar-refractivity contribution in [3.63, 3.8) is 0 Å². The van der Waals surface area contributed by atoms with Crippen LogP contribution in [0.5, 0.6) is 0 Å². The maximum absolute atomic E-state index is 4.72. The topological polar surface area (TPSA) is 36.1 Å².